The number of rotatable bonds is 4. The molecule has 1 atom stereocenters. The van der Waals surface area contributed by atoms with Crippen LogP contribution in [0.4, 0.5) is 0 Å². The smallest absolute Gasteiger partial charge is 0.137 e. The van der Waals surface area contributed by atoms with Crippen LogP contribution in [0.5, 0.6) is 0 Å². The number of hydrogen-bond donors (Lipinski definition) is 1. The zero-order valence-corrected chi connectivity index (χ0v) is 5.05. The number of nitrogens with one attached hydrogen (secondary N) is 1. The standard InChI is InChI=1S/C6H11NO/c1-3-4-6(5-8)7-2/h3,5-7H,1,4H2,2H3/t6-/m0/s1. The second-order valence-electron chi connectivity index (χ2n) is 1.56. The van der Waals surface area contributed by atoms with Gasteiger partial charge in [0.1, 0.15) is 6.29 Å². The maximum atomic E-state index is 10.0. The molecule has 0 spiro atoms. The Labute approximate surface area is 49.6 Å². The lowest BCUT2D eigenvalue weighted by molar-refractivity contribution is -0.109. The fourth-order valence-electron chi connectivity index (χ4n) is 0.421. The van der Waals surface area contributed by atoms with Crippen LogP contribution >= 0.6 is 0 Å². The SMILES string of the molecule is C=CC[C@@H](C=O)NC. The molecule has 0 aliphatic rings. The number of carbonyl (C=O) groups is 1. The third-order valence-corrected chi connectivity index (χ3v) is 0.956. The molecule has 0 aromatic rings. The van der Waals surface area contributed by atoms with Crippen LogP contribution in [0.1, 0.15) is 6.42 Å². The topological polar surface area (TPSA) is 29.1 Å². The van der Waals surface area contributed by atoms with Gasteiger partial charge in [0, 0.05) is 0 Å². The minimum absolute atomic E-state index is 0.0486. The van der Waals surface area contributed by atoms with Gasteiger partial charge in [0.15, 0.2) is 0 Å². The molecule has 0 bridgehead atoms. The molecule has 0 fully saturated rings. The molecule has 0 aromatic carbocycles. The number of likely N-dealkylation sites (N-methyl/N-ethyl adjacent to an activating group) is 1. The zero-order chi connectivity index (χ0) is 6.41. The first-order valence-corrected chi connectivity index (χ1v) is 2.58. The fraction of sp³-hybridized carbons (Fsp3) is 0.500. The van der Waals surface area contributed by atoms with Crippen molar-refractivity contribution in [1.29, 1.82) is 0 Å². The zero-order valence-electron chi connectivity index (χ0n) is 5.05. The van der Waals surface area contributed by atoms with Crippen LogP contribution in [0.3, 0.4) is 0 Å². The molecule has 0 saturated heterocycles. The van der Waals surface area contributed by atoms with E-state index in [4.69, 9.17) is 0 Å². The first kappa shape index (κ1) is 7.37. The van der Waals surface area contributed by atoms with Gasteiger partial charge in [-0.05, 0) is 13.5 Å². The normalized spacial score (nSPS) is 12.6. The van der Waals surface area contributed by atoms with E-state index < -0.39 is 0 Å². The van der Waals surface area contributed by atoms with E-state index in [2.05, 4.69) is 11.9 Å². The summed E-state index contributed by atoms with van der Waals surface area (Å²) in [5.41, 5.74) is 0. The van der Waals surface area contributed by atoms with Crippen LogP contribution in [0, 0.1) is 0 Å². The molecule has 0 saturated carbocycles. The predicted molar refractivity (Wildman–Crippen MR) is 33.7 cm³/mol. The van der Waals surface area contributed by atoms with E-state index in [1.54, 1.807) is 13.1 Å². The molecule has 0 radical (unpaired) electrons. The third kappa shape index (κ3) is 2.53. The summed E-state index contributed by atoms with van der Waals surface area (Å²) in [5, 5.41) is 2.81. The lowest BCUT2D eigenvalue weighted by Crippen LogP contribution is -2.25. The van der Waals surface area contributed by atoms with Crippen molar-refractivity contribution < 1.29 is 4.79 Å². The summed E-state index contributed by atoms with van der Waals surface area (Å²) in [6, 6.07) is -0.0486. The van der Waals surface area contributed by atoms with E-state index in [0.717, 1.165) is 6.29 Å². The van der Waals surface area contributed by atoms with E-state index >= 15 is 0 Å². The molecule has 0 heterocycles. The summed E-state index contributed by atoms with van der Waals surface area (Å²) < 4.78 is 0. The second kappa shape index (κ2) is 4.53. The van der Waals surface area contributed by atoms with Crippen molar-refractivity contribution >= 4 is 6.29 Å². The minimum Gasteiger partial charge on any atom is -0.311 e. The molecule has 1 N–H and O–H groups in total. The van der Waals surface area contributed by atoms with Gasteiger partial charge in [-0.2, -0.15) is 0 Å². The Kier molecular flexibility index (Phi) is 4.17. The van der Waals surface area contributed by atoms with Crippen LogP contribution in [0.15, 0.2) is 12.7 Å². The lowest BCUT2D eigenvalue weighted by atomic mass is 10.2. The predicted octanol–water partition coefficient (Wildman–Crippen LogP) is 0.349. The van der Waals surface area contributed by atoms with Crippen LogP contribution in [0.25, 0.3) is 0 Å². The molecule has 0 aromatic heterocycles. The van der Waals surface area contributed by atoms with Gasteiger partial charge in [-0.3, -0.25) is 0 Å². The maximum Gasteiger partial charge on any atom is 0.137 e. The molecule has 2 heteroatoms. The number of carbonyl (C=O) groups excluding carboxylic acids is 1. The fourth-order valence-corrected chi connectivity index (χ4v) is 0.421. The van der Waals surface area contributed by atoms with E-state index in [1.807, 2.05) is 0 Å². The third-order valence-electron chi connectivity index (χ3n) is 0.956. The van der Waals surface area contributed by atoms with Gasteiger partial charge >= 0.3 is 0 Å². The van der Waals surface area contributed by atoms with Crippen molar-refractivity contribution in [3.8, 4) is 0 Å². The summed E-state index contributed by atoms with van der Waals surface area (Å²) in [7, 11) is 1.75. The molecule has 0 aliphatic heterocycles. The Morgan fingerprint density at radius 3 is 2.62 bits per heavy atom. The summed E-state index contributed by atoms with van der Waals surface area (Å²) in [4.78, 5) is 10.0. The first-order valence-electron chi connectivity index (χ1n) is 2.58. The highest BCUT2D eigenvalue weighted by Crippen LogP contribution is 1.84. The van der Waals surface area contributed by atoms with E-state index in [1.165, 1.54) is 0 Å². The van der Waals surface area contributed by atoms with Crippen LogP contribution in [-0.4, -0.2) is 19.4 Å². The summed E-state index contributed by atoms with van der Waals surface area (Å²) in [6.07, 6.45) is 3.30. The Balaban J connectivity index is 3.35. The van der Waals surface area contributed by atoms with Crippen molar-refractivity contribution in [2.45, 2.75) is 12.5 Å². The average molecular weight is 113 g/mol. The van der Waals surface area contributed by atoms with Gasteiger partial charge in [0.2, 0.25) is 0 Å². The summed E-state index contributed by atoms with van der Waals surface area (Å²) in [6.45, 7) is 3.50. The quantitative estimate of drug-likeness (QED) is 0.421. The highest BCUT2D eigenvalue weighted by atomic mass is 16.1. The molecular formula is C6H11NO. The van der Waals surface area contributed by atoms with E-state index in [9.17, 15) is 4.79 Å². The van der Waals surface area contributed by atoms with Crippen molar-refractivity contribution in [2.24, 2.45) is 0 Å². The highest BCUT2D eigenvalue weighted by molar-refractivity contribution is 5.57. The van der Waals surface area contributed by atoms with Gasteiger partial charge < -0.3 is 10.1 Å². The van der Waals surface area contributed by atoms with Crippen molar-refractivity contribution in [3.05, 3.63) is 12.7 Å². The van der Waals surface area contributed by atoms with Gasteiger partial charge in [-0.15, -0.1) is 6.58 Å². The molecule has 0 amide bonds. The van der Waals surface area contributed by atoms with Crippen molar-refractivity contribution in [3.63, 3.8) is 0 Å². The summed E-state index contributed by atoms with van der Waals surface area (Å²) >= 11 is 0. The molecule has 0 rings (SSSR count). The van der Waals surface area contributed by atoms with Crippen LogP contribution in [0.2, 0.25) is 0 Å². The molecule has 46 valence electrons. The largest absolute Gasteiger partial charge is 0.311 e. The molecule has 0 aliphatic carbocycles. The van der Waals surface area contributed by atoms with Crippen LogP contribution < -0.4 is 5.32 Å². The van der Waals surface area contributed by atoms with Crippen molar-refractivity contribution in [1.82, 2.24) is 5.32 Å². The highest BCUT2D eigenvalue weighted by Gasteiger charge is 1.96. The summed E-state index contributed by atoms with van der Waals surface area (Å²) in [5.74, 6) is 0. The average Bonchev–Trinajstić information content (AvgIpc) is 1.83. The van der Waals surface area contributed by atoms with E-state index in [0.29, 0.717) is 6.42 Å². The number of aldehydes is 1. The van der Waals surface area contributed by atoms with Gasteiger partial charge in [-0.25, -0.2) is 0 Å². The Morgan fingerprint density at radius 2 is 2.50 bits per heavy atom. The second-order valence-corrected chi connectivity index (χ2v) is 1.56. The first-order chi connectivity index (χ1) is 3.85. The molecule has 0 unspecified atom stereocenters. The monoisotopic (exact) mass is 113 g/mol. The Morgan fingerprint density at radius 1 is 1.88 bits per heavy atom. The lowest BCUT2D eigenvalue weighted by Gasteiger charge is -2.01. The number of hydrogen-bond acceptors (Lipinski definition) is 2. The van der Waals surface area contributed by atoms with Gasteiger partial charge in [-0.1, -0.05) is 6.08 Å². The van der Waals surface area contributed by atoms with Gasteiger partial charge in [0.05, 0.1) is 6.04 Å². The van der Waals surface area contributed by atoms with Gasteiger partial charge in [0.25, 0.3) is 0 Å². The van der Waals surface area contributed by atoms with Crippen molar-refractivity contribution in [2.75, 3.05) is 7.05 Å². The minimum atomic E-state index is -0.0486. The molecule has 8 heavy (non-hydrogen) atoms. The van der Waals surface area contributed by atoms with E-state index in [-0.39, 0.29) is 6.04 Å². The maximum absolute atomic E-state index is 10.0. The Bertz CT molecular complexity index is 80.6. The molecular weight excluding hydrogens is 102 g/mol. The van der Waals surface area contributed by atoms with Crippen LogP contribution in [-0.2, 0) is 4.79 Å². The Hall–Kier alpha value is -0.630. The molecule has 2 nitrogen and oxygen atoms in total.